The standard InChI is InChI=1S/C19H15FN4O5/c1-28-13-5-9(6-14(29-2)17(13)25)8-21-24-18(26)16-15(23-19(24)27)11-7-10(20)3-4-12(11)22-16/h3-8,22,25H,1-2H3,(H,23,27)/b21-8+. The average Bonchev–Trinajstić information content (AvgIpc) is 3.06. The highest BCUT2D eigenvalue weighted by Gasteiger charge is 2.14. The summed E-state index contributed by atoms with van der Waals surface area (Å²) in [5.41, 5.74) is -0.279. The van der Waals surface area contributed by atoms with Crippen LogP contribution in [0, 0.1) is 5.82 Å². The quantitative estimate of drug-likeness (QED) is 0.454. The van der Waals surface area contributed by atoms with Crippen molar-refractivity contribution in [2.45, 2.75) is 0 Å². The number of fused-ring (bicyclic) bond motifs is 3. The van der Waals surface area contributed by atoms with Crippen molar-refractivity contribution in [3.8, 4) is 17.2 Å². The zero-order valence-corrected chi connectivity index (χ0v) is 15.3. The number of phenols is 1. The SMILES string of the molecule is COc1cc(/C=N/n2c(=O)[nH]c3c([nH]c4ccc(F)cc43)c2=O)cc(OC)c1O. The van der Waals surface area contributed by atoms with E-state index in [2.05, 4.69) is 15.1 Å². The maximum atomic E-state index is 13.5. The number of H-pyrrole nitrogens is 2. The van der Waals surface area contributed by atoms with Gasteiger partial charge in [-0.2, -0.15) is 5.10 Å². The first-order valence-electron chi connectivity index (χ1n) is 8.38. The lowest BCUT2D eigenvalue weighted by molar-refractivity contribution is 0.340. The van der Waals surface area contributed by atoms with Crippen molar-refractivity contribution in [1.29, 1.82) is 0 Å². The van der Waals surface area contributed by atoms with Crippen molar-refractivity contribution in [1.82, 2.24) is 14.6 Å². The van der Waals surface area contributed by atoms with E-state index < -0.39 is 17.1 Å². The molecule has 0 aliphatic carbocycles. The molecule has 148 valence electrons. The maximum Gasteiger partial charge on any atom is 0.350 e. The van der Waals surface area contributed by atoms with Gasteiger partial charge in [-0.15, -0.1) is 4.68 Å². The molecule has 29 heavy (non-hydrogen) atoms. The van der Waals surface area contributed by atoms with Crippen molar-refractivity contribution in [2.75, 3.05) is 14.2 Å². The lowest BCUT2D eigenvalue weighted by Crippen LogP contribution is -2.32. The molecule has 0 saturated carbocycles. The largest absolute Gasteiger partial charge is 0.502 e. The Hall–Kier alpha value is -4.08. The molecule has 3 N–H and O–H groups in total. The third-order valence-corrected chi connectivity index (χ3v) is 4.42. The number of nitrogens with zero attached hydrogens (tertiary/aromatic N) is 2. The number of benzene rings is 2. The molecule has 2 heterocycles. The van der Waals surface area contributed by atoms with E-state index in [1.54, 1.807) is 0 Å². The van der Waals surface area contributed by atoms with Crippen molar-refractivity contribution in [2.24, 2.45) is 5.10 Å². The van der Waals surface area contributed by atoms with Gasteiger partial charge < -0.3 is 24.5 Å². The van der Waals surface area contributed by atoms with Crippen LogP contribution in [0.15, 0.2) is 45.0 Å². The van der Waals surface area contributed by atoms with Crippen molar-refractivity contribution in [3.05, 3.63) is 62.6 Å². The zero-order chi connectivity index (χ0) is 20.7. The number of aromatic hydroxyl groups is 1. The van der Waals surface area contributed by atoms with Gasteiger partial charge in [0.25, 0.3) is 0 Å². The molecule has 4 aromatic rings. The molecule has 10 heteroatoms. The molecule has 0 atom stereocenters. The minimum atomic E-state index is -0.790. The Balaban J connectivity index is 1.86. The van der Waals surface area contributed by atoms with Gasteiger partial charge in [-0.25, -0.2) is 9.18 Å². The predicted octanol–water partition coefficient (Wildman–Crippen LogP) is 1.92. The van der Waals surface area contributed by atoms with Gasteiger partial charge in [0, 0.05) is 16.5 Å². The minimum Gasteiger partial charge on any atom is -0.502 e. The van der Waals surface area contributed by atoms with E-state index in [-0.39, 0.29) is 28.3 Å². The zero-order valence-electron chi connectivity index (χ0n) is 15.3. The summed E-state index contributed by atoms with van der Waals surface area (Å²) in [5, 5.41) is 14.3. The fourth-order valence-electron chi connectivity index (χ4n) is 3.03. The van der Waals surface area contributed by atoms with Crippen LogP contribution in [0.1, 0.15) is 5.56 Å². The molecule has 0 aliphatic rings. The summed E-state index contributed by atoms with van der Waals surface area (Å²) in [5.74, 6) is -0.397. The van der Waals surface area contributed by atoms with Crippen LogP contribution in [0.5, 0.6) is 17.2 Å². The molecule has 0 bridgehead atoms. The van der Waals surface area contributed by atoms with Gasteiger partial charge in [-0.1, -0.05) is 0 Å². The Kier molecular flexibility index (Phi) is 4.30. The number of hydrogen-bond donors (Lipinski definition) is 3. The van der Waals surface area contributed by atoms with Crippen LogP contribution in [0.4, 0.5) is 4.39 Å². The van der Waals surface area contributed by atoms with Gasteiger partial charge in [0.2, 0.25) is 5.75 Å². The Labute approximate surface area is 161 Å². The number of hydrogen-bond acceptors (Lipinski definition) is 6. The van der Waals surface area contributed by atoms with Crippen LogP contribution < -0.4 is 20.7 Å². The molecule has 0 amide bonds. The number of ether oxygens (including phenoxy) is 2. The van der Waals surface area contributed by atoms with Crippen molar-refractivity contribution in [3.63, 3.8) is 0 Å². The second kappa shape index (κ2) is 6.82. The first kappa shape index (κ1) is 18.3. The fraction of sp³-hybridized carbons (Fsp3) is 0.105. The smallest absolute Gasteiger partial charge is 0.350 e. The van der Waals surface area contributed by atoms with E-state index in [0.29, 0.717) is 21.1 Å². The van der Waals surface area contributed by atoms with E-state index in [1.165, 1.54) is 50.8 Å². The van der Waals surface area contributed by atoms with E-state index >= 15 is 0 Å². The predicted molar refractivity (Wildman–Crippen MR) is 105 cm³/mol. The minimum absolute atomic E-state index is 0.0863. The average molecular weight is 398 g/mol. The van der Waals surface area contributed by atoms with Crippen LogP contribution in [-0.2, 0) is 0 Å². The molecule has 2 aromatic heterocycles. The Bertz CT molecular complexity index is 1370. The molecule has 0 unspecified atom stereocenters. The molecular formula is C19H15FN4O5. The summed E-state index contributed by atoms with van der Waals surface area (Å²) in [6.45, 7) is 0. The molecule has 9 nitrogen and oxygen atoms in total. The number of nitrogens with one attached hydrogen (secondary N) is 2. The van der Waals surface area contributed by atoms with E-state index in [1.807, 2.05) is 0 Å². The Morgan fingerprint density at radius 3 is 2.41 bits per heavy atom. The monoisotopic (exact) mass is 398 g/mol. The van der Waals surface area contributed by atoms with Crippen LogP contribution in [0.3, 0.4) is 0 Å². The summed E-state index contributed by atoms with van der Waals surface area (Å²) in [6.07, 6.45) is 1.25. The molecular weight excluding hydrogens is 383 g/mol. The van der Waals surface area contributed by atoms with Gasteiger partial charge in [0.1, 0.15) is 11.3 Å². The molecule has 0 aliphatic heterocycles. The van der Waals surface area contributed by atoms with Crippen LogP contribution in [0.2, 0.25) is 0 Å². The topological polar surface area (TPSA) is 122 Å². The Morgan fingerprint density at radius 1 is 1.07 bits per heavy atom. The number of aromatic amines is 2. The van der Waals surface area contributed by atoms with Crippen LogP contribution in [0.25, 0.3) is 21.9 Å². The number of halogens is 1. The second-order valence-electron chi connectivity index (χ2n) is 6.13. The molecule has 0 radical (unpaired) electrons. The second-order valence-corrected chi connectivity index (χ2v) is 6.13. The van der Waals surface area contributed by atoms with Gasteiger partial charge in [-0.05, 0) is 30.3 Å². The summed E-state index contributed by atoms with van der Waals surface area (Å²) >= 11 is 0. The normalized spacial score (nSPS) is 11.6. The number of rotatable bonds is 4. The first-order valence-corrected chi connectivity index (χ1v) is 8.38. The van der Waals surface area contributed by atoms with E-state index in [9.17, 15) is 19.1 Å². The van der Waals surface area contributed by atoms with Crippen LogP contribution in [-0.4, -0.2) is 40.2 Å². The van der Waals surface area contributed by atoms with Crippen molar-refractivity contribution >= 4 is 28.2 Å². The first-order chi connectivity index (χ1) is 13.9. The lowest BCUT2D eigenvalue weighted by atomic mass is 10.2. The van der Waals surface area contributed by atoms with Crippen LogP contribution >= 0.6 is 0 Å². The summed E-state index contributed by atoms with van der Waals surface area (Å²) in [7, 11) is 2.74. The summed E-state index contributed by atoms with van der Waals surface area (Å²) < 4.78 is 24.3. The lowest BCUT2D eigenvalue weighted by Gasteiger charge is -2.09. The molecule has 0 saturated heterocycles. The van der Waals surface area contributed by atoms with Crippen molar-refractivity contribution < 1.29 is 19.0 Å². The van der Waals surface area contributed by atoms with Gasteiger partial charge in [0.05, 0.1) is 26.0 Å². The van der Waals surface area contributed by atoms with Gasteiger partial charge in [0.15, 0.2) is 11.5 Å². The molecule has 4 rings (SSSR count). The summed E-state index contributed by atoms with van der Waals surface area (Å²) in [4.78, 5) is 30.6. The third kappa shape index (κ3) is 3.00. The maximum absolute atomic E-state index is 13.5. The number of aromatic nitrogens is 3. The fourth-order valence-corrected chi connectivity index (χ4v) is 3.03. The number of methoxy groups -OCH3 is 2. The summed E-state index contributed by atoms with van der Waals surface area (Å²) in [6, 6.07) is 6.88. The van der Waals surface area contributed by atoms with Gasteiger partial charge >= 0.3 is 11.2 Å². The highest BCUT2D eigenvalue weighted by molar-refractivity contribution is 6.04. The third-order valence-electron chi connectivity index (χ3n) is 4.42. The highest BCUT2D eigenvalue weighted by atomic mass is 19.1. The van der Waals surface area contributed by atoms with Gasteiger partial charge in [-0.3, -0.25) is 4.79 Å². The van der Waals surface area contributed by atoms with E-state index in [0.717, 1.165) is 0 Å². The highest BCUT2D eigenvalue weighted by Crippen LogP contribution is 2.36. The Morgan fingerprint density at radius 2 is 1.76 bits per heavy atom. The molecule has 0 fully saturated rings. The molecule has 2 aromatic carbocycles. The number of phenolic OH excluding ortho intramolecular Hbond substituents is 1. The van der Waals surface area contributed by atoms with E-state index in [4.69, 9.17) is 9.47 Å². The molecule has 0 spiro atoms.